The van der Waals surface area contributed by atoms with Crippen molar-refractivity contribution >= 4 is 17.5 Å². The number of carbonyl (C=O) groups is 1. The lowest BCUT2D eigenvalue weighted by Gasteiger charge is -2.21. The standard InChI is InChI=1S/C24H25FN8O5.C2H4O2/c1-36-9-10-38-17-12-15(37-2)11-16(18(17)25)19(30-14-5-3-13(4-6-14)20(26)27)21-31-24(35)33(32-21)22-23(34)29-8-7-28-22;1-2(3)4/h3-8,11-12,19,30H,9-10H2,1-2H3,(H3,26,27)(H,29,34)(H,31,32,35);1H3,(H,3,4). The second-order valence-electron chi connectivity index (χ2n) is 8.43. The molecular weight excluding hydrogens is 555 g/mol. The van der Waals surface area contributed by atoms with Gasteiger partial charge in [-0.1, -0.05) is 0 Å². The topological polar surface area (TPSA) is 223 Å². The van der Waals surface area contributed by atoms with E-state index in [1.807, 2.05) is 0 Å². The van der Waals surface area contributed by atoms with E-state index < -0.39 is 29.1 Å². The lowest BCUT2D eigenvalue weighted by atomic mass is 10.0. The summed E-state index contributed by atoms with van der Waals surface area (Å²) < 4.78 is 32.5. The highest BCUT2D eigenvalue weighted by molar-refractivity contribution is 5.95. The second kappa shape index (κ2) is 14.2. The molecule has 42 heavy (non-hydrogen) atoms. The summed E-state index contributed by atoms with van der Waals surface area (Å²) in [6, 6.07) is 8.23. The molecule has 0 fully saturated rings. The van der Waals surface area contributed by atoms with Crippen LogP contribution in [0.3, 0.4) is 0 Å². The Kier molecular flexibility index (Phi) is 10.5. The van der Waals surface area contributed by atoms with Crippen LogP contribution in [0.1, 0.15) is 29.9 Å². The molecule has 16 heteroatoms. The van der Waals surface area contributed by atoms with Gasteiger partial charge in [-0.05, 0) is 30.3 Å². The van der Waals surface area contributed by atoms with Crippen LogP contribution in [0.4, 0.5) is 10.1 Å². The van der Waals surface area contributed by atoms with Crippen LogP contribution in [-0.4, -0.2) is 69.1 Å². The molecule has 0 saturated carbocycles. The number of hydrogen-bond acceptors (Lipinski definition) is 10. The normalized spacial score (nSPS) is 11.1. The summed E-state index contributed by atoms with van der Waals surface area (Å²) in [5.41, 5.74) is 5.15. The number of methoxy groups -OCH3 is 2. The number of aromatic amines is 2. The predicted octanol–water partition coefficient (Wildman–Crippen LogP) is 1.39. The zero-order valence-corrected chi connectivity index (χ0v) is 22.8. The number of nitrogens with two attached hydrogens (primary N) is 1. The van der Waals surface area contributed by atoms with Crippen LogP contribution in [0.5, 0.6) is 11.5 Å². The van der Waals surface area contributed by atoms with Gasteiger partial charge in [0.2, 0.25) is 5.82 Å². The average molecular weight is 585 g/mol. The Hall–Kier alpha value is -5.51. The molecule has 7 N–H and O–H groups in total. The van der Waals surface area contributed by atoms with Crippen LogP contribution in [-0.2, 0) is 9.53 Å². The molecular formula is C26H29FN8O7. The van der Waals surface area contributed by atoms with Gasteiger partial charge in [0.1, 0.15) is 24.2 Å². The van der Waals surface area contributed by atoms with Crippen molar-refractivity contribution in [3.63, 3.8) is 0 Å². The maximum Gasteiger partial charge on any atom is 0.349 e. The van der Waals surface area contributed by atoms with E-state index >= 15 is 4.39 Å². The molecule has 0 spiro atoms. The number of nitrogens with zero attached hydrogens (tertiary/aromatic N) is 3. The number of rotatable bonds is 11. The minimum absolute atomic E-state index is 0.0225. The Morgan fingerprint density at radius 3 is 2.50 bits per heavy atom. The minimum Gasteiger partial charge on any atom is -0.497 e. The number of ether oxygens (including phenoxy) is 3. The molecule has 0 radical (unpaired) electrons. The number of benzene rings is 2. The number of amidine groups is 1. The quantitative estimate of drug-likeness (QED) is 0.0839. The number of anilines is 1. The fourth-order valence-electron chi connectivity index (χ4n) is 3.58. The first-order valence-electron chi connectivity index (χ1n) is 12.2. The molecule has 0 bridgehead atoms. The minimum atomic E-state index is -1.09. The van der Waals surface area contributed by atoms with Gasteiger partial charge in [0, 0.05) is 49.3 Å². The highest BCUT2D eigenvalue weighted by atomic mass is 19.1. The Morgan fingerprint density at radius 1 is 1.21 bits per heavy atom. The number of hydrogen-bond donors (Lipinski definition) is 6. The Bertz CT molecular complexity index is 1650. The van der Waals surface area contributed by atoms with Gasteiger partial charge in [0.25, 0.3) is 11.5 Å². The van der Waals surface area contributed by atoms with Gasteiger partial charge in [0.15, 0.2) is 17.4 Å². The van der Waals surface area contributed by atoms with Gasteiger partial charge in [-0.25, -0.2) is 14.2 Å². The van der Waals surface area contributed by atoms with Crippen molar-refractivity contribution in [1.29, 1.82) is 5.41 Å². The molecule has 0 aliphatic rings. The number of H-pyrrole nitrogens is 2. The van der Waals surface area contributed by atoms with Crippen molar-refractivity contribution < 1.29 is 28.5 Å². The first kappa shape index (κ1) is 31.0. The summed E-state index contributed by atoms with van der Waals surface area (Å²) in [5, 5.41) is 22.4. The van der Waals surface area contributed by atoms with Crippen molar-refractivity contribution in [3.05, 3.63) is 92.4 Å². The van der Waals surface area contributed by atoms with Crippen LogP contribution in [0.2, 0.25) is 0 Å². The fraction of sp³-hybridized carbons (Fsp3) is 0.231. The number of carboxylic acids is 1. The molecule has 4 rings (SSSR count). The molecule has 0 amide bonds. The molecule has 15 nitrogen and oxygen atoms in total. The monoisotopic (exact) mass is 584 g/mol. The van der Waals surface area contributed by atoms with E-state index in [1.54, 1.807) is 24.3 Å². The number of nitrogen functional groups attached to an aromatic ring is 1. The lowest BCUT2D eigenvalue weighted by Crippen LogP contribution is -2.25. The summed E-state index contributed by atoms with van der Waals surface area (Å²) in [6.07, 6.45) is 2.62. The maximum atomic E-state index is 15.8. The SMILES string of the molecule is CC(=O)O.COCCOc1cc(OC)cc(C(Nc2ccc(C(=N)N)cc2)c2nn(-c3ncc[nH]c3=O)c(=O)[nH]2)c1F. The second-order valence-corrected chi connectivity index (χ2v) is 8.43. The summed E-state index contributed by atoms with van der Waals surface area (Å²) in [6.45, 7) is 1.39. The molecule has 2 aromatic carbocycles. The third-order valence-electron chi connectivity index (χ3n) is 5.44. The summed E-state index contributed by atoms with van der Waals surface area (Å²) in [4.78, 5) is 42.9. The van der Waals surface area contributed by atoms with Crippen molar-refractivity contribution in [1.82, 2.24) is 24.7 Å². The average Bonchev–Trinajstić information content (AvgIpc) is 3.34. The van der Waals surface area contributed by atoms with Gasteiger partial charge in [-0.2, -0.15) is 4.68 Å². The van der Waals surface area contributed by atoms with E-state index in [4.69, 9.17) is 35.3 Å². The highest BCUT2D eigenvalue weighted by Gasteiger charge is 2.27. The number of halogens is 1. The third kappa shape index (κ3) is 7.79. The smallest absolute Gasteiger partial charge is 0.349 e. The lowest BCUT2D eigenvalue weighted by molar-refractivity contribution is -0.134. The fourth-order valence-corrected chi connectivity index (χ4v) is 3.58. The van der Waals surface area contributed by atoms with Crippen LogP contribution >= 0.6 is 0 Å². The third-order valence-corrected chi connectivity index (χ3v) is 5.44. The first-order chi connectivity index (χ1) is 20.0. The summed E-state index contributed by atoms with van der Waals surface area (Å²) in [7, 11) is 2.91. The molecule has 222 valence electrons. The number of carboxylic acid groups (broad SMARTS) is 1. The molecule has 0 saturated heterocycles. The van der Waals surface area contributed by atoms with Crippen molar-refractivity contribution in [3.8, 4) is 17.3 Å². The first-order valence-corrected chi connectivity index (χ1v) is 12.2. The van der Waals surface area contributed by atoms with Crippen LogP contribution in [0.25, 0.3) is 5.82 Å². The van der Waals surface area contributed by atoms with Crippen LogP contribution in [0, 0.1) is 11.2 Å². The summed E-state index contributed by atoms with van der Waals surface area (Å²) >= 11 is 0. The van der Waals surface area contributed by atoms with E-state index in [0.717, 1.165) is 11.6 Å². The van der Waals surface area contributed by atoms with Gasteiger partial charge < -0.3 is 35.4 Å². The maximum absolute atomic E-state index is 15.8. The van der Waals surface area contributed by atoms with E-state index in [1.165, 1.54) is 38.7 Å². The highest BCUT2D eigenvalue weighted by Crippen LogP contribution is 2.35. The molecule has 1 unspecified atom stereocenters. The molecule has 4 aromatic rings. The van der Waals surface area contributed by atoms with Crippen molar-refractivity contribution in [2.24, 2.45) is 5.73 Å². The zero-order chi connectivity index (χ0) is 30.8. The predicted molar refractivity (Wildman–Crippen MR) is 149 cm³/mol. The van der Waals surface area contributed by atoms with E-state index in [9.17, 15) is 9.59 Å². The molecule has 1 atom stereocenters. The Labute approximate surface area is 237 Å². The van der Waals surface area contributed by atoms with E-state index in [2.05, 4.69) is 25.4 Å². The number of aromatic nitrogens is 5. The van der Waals surface area contributed by atoms with Gasteiger partial charge in [0.05, 0.1) is 13.7 Å². The molecule has 0 aliphatic heterocycles. The van der Waals surface area contributed by atoms with E-state index in [0.29, 0.717) is 11.3 Å². The van der Waals surface area contributed by atoms with Gasteiger partial charge >= 0.3 is 5.69 Å². The number of nitrogens with one attached hydrogen (secondary N) is 4. The Balaban J connectivity index is 0.00000114. The van der Waals surface area contributed by atoms with Crippen LogP contribution < -0.4 is 31.8 Å². The van der Waals surface area contributed by atoms with Crippen LogP contribution in [0.15, 0.2) is 58.4 Å². The van der Waals surface area contributed by atoms with E-state index in [-0.39, 0.29) is 47.8 Å². The summed E-state index contributed by atoms with van der Waals surface area (Å²) in [5.74, 6) is -1.78. The van der Waals surface area contributed by atoms with Gasteiger partial charge in [-0.15, -0.1) is 5.10 Å². The molecule has 2 aromatic heterocycles. The number of aliphatic carboxylic acids is 1. The zero-order valence-electron chi connectivity index (χ0n) is 22.8. The Morgan fingerprint density at radius 2 is 1.90 bits per heavy atom. The molecule has 0 aliphatic carbocycles. The van der Waals surface area contributed by atoms with Gasteiger partial charge in [-0.3, -0.25) is 20.0 Å². The largest absolute Gasteiger partial charge is 0.497 e. The molecule has 2 heterocycles. The van der Waals surface area contributed by atoms with Crippen molar-refractivity contribution in [2.75, 3.05) is 32.8 Å². The van der Waals surface area contributed by atoms with Crippen molar-refractivity contribution in [2.45, 2.75) is 13.0 Å².